The number of hydrogen-bond donors (Lipinski definition) is 0. The average molecular weight is 256 g/mol. The zero-order valence-corrected chi connectivity index (χ0v) is 11.0. The van der Waals surface area contributed by atoms with Crippen LogP contribution in [-0.2, 0) is 4.74 Å². The molecule has 1 saturated carbocycles. The highest BCUT2D eigenvalue weighted by Gasteiger charge is 2.84. The van der Waals surface area contributed by atoms with Crippen LogP contribution in [0.15, 0.2) is 35.3 Å². The molecule has 4 rings (SSSR count). The lowest BCUT2D eigenvalue weighted by atomic mass is 9.62. The van der Waals surface area contributed by atoms with E-state index in [9.17, 15) is 4.79 Å². The normalized spacial score (nSPS) is 37.3. The van der Waals surface area contributed by atoms with E-state index in [0.717, 1.165) is 5.71 Å². The summed E-state index contributed by atoms with van der Waals surface area (Å²) in [4.78, 5) is 18.4. The third-order valence-electron chi connectivity index (χ3n) is 4.74. The van der Waals surface area contributed by atoms with Crippen LogP contribution < -0.4 is 0 Å². The smallest absolute Gasteiger partial charge is 0.410 e. The molecule has 4 heteroatoms. The first-order valence-corrected chi connectivity index (χ1v) is 6.78. The molecule has 1 aliphatic carbocycles. The Labute approximate surface area is 112 Å². The molecule has 1 amide bonds. The molecular formula is C15H16N2O2. The monoisotopic (exact) mass is 256 g/mol. The van der Waals surface area contributed by atoms with Gasteiger partial charge in [0.15, 0.2) is 0 Å². The summed E-state index contributed by atoms with van der Waals surface area (Å²) in [5.74, 6) is 0.393. The van der Waals surface area contributed by atoms with Crippen LogP contribution in [0.4, 0.5) is 4.79 Å². The summed E-state index contributed by atoms with van der Waals surface area (Å²) >= 11 is 0. The Kier molecular flexibility index (Phi) is 1.96. The molecule has 1 saturated heterocycles. The third kappa shape index (κ3) is 1.15. The lowest BCUT2D eigenvalue weighted by Gasteiger charge is -2.45. The molecule has 2 heterocycles. The molecule has 1 aromatic carbocycles. The second-order valence-electron chi connectivity index (χ2n) is 5.59. The summed E-state index contributed by atoms with van der Waals surface area (Å²) in [7, 11) is 0. The number of likely N-dealkylation sites (tertiary alicyclic amines) is 1. The second-order valence-corrected chi connectivity index (χ2v) is 5.59. The predicted octanol–water partition coefficient (Wildman–Crippen LogP) is 2.09. The summed E-state index contributed by atoms with van der Waals surface area (Å²) < 4.78 is 5.11. The van der Waals surface area contributed by atoms with Crippen molar-refractivity contribution in [1.29, 1.82) is 0 Å². The van der Waals surface area contributed by atoms with Gasteiger partial charge < -0.3 is 4.74 Å². The van der Waals surface area contributed by atoms with Crippen LogP contribution in [0.1, 0.15) is 19.4 Å². The Bertz CT molecular complexity index is 583. The van der Waals surface area contributed by atoms with Gasteiger partial charge in [0, 0.05) is 0 Å². The lowest BCUT2D eigenvalue weighted by Crippen LogP contribution is -2.59. The summed E-state index contributed by atoms with van der Waals surface area (Å²) in [6.07, 6.45) is -0.188. The predicted molar refractivity (Wildman–Crippen MR) is 71.3 cm³/mol. The maximum Gasteiger partial charge on any atom is 0.410 e. The zero-order chi connectivity index (χ0) is 13.2. The summed E-state index contributed by atoms with van der Waals surface area (Å²) in [5.41, 5.74) is 2.28. The van der Waals surface area contributed by atoms with Crippen molar-refractivity contribution in [1.82, 2.24) is 4.90 Å². The van der Waals surface area contributed by atoms with E-state index >= 15 is 0 Å². The van der Waals surface area contributed by atoms with Crippen LogP contribution in [0, 0.1) is 5.92 Å². The first-order chi connectivity index (χ1) is 9.19. The minimum Gasteiger partial charge on any atom is -0.450 e. The molecule has 2 fully saturated rings. The van der Waals surface area contributed by atoms with Gasteiger partial charge in [-0.1, -0.05) is 30.3 Å². The molecule has 3 aliphatic rings. The Morgan fingerprint density at radius 1 is 1.42 bits per heavy atom. The number of benzene rings is 1. The van der Waals surface area contributed by atoms with Gasteiger partial charge in [-0.25, -0.2) is 4.79 Å². The highest BCUT2D eigenvalue weighted by Crippen LogP contribution is 2.66. The molecule has 0 spiro atoms. The Morgan fingerprint density at radius 2 is 2.16 bits per heavy atom. The SMILES string of the molecule is CCOC(=O)N1[C@@H]2[C@H]3N=C(c4ccccc4)[C@H]3[C@@]21C. The highest BCUT2D eigenvalue weighted by molar-refractivity contribution is 6.10. The number of carbonyl (C=O) groups excluding carboxylic acids is 1. The van der Waals surface area contributed by atoms with Gasteiger partial charge in [-0.3, -0.25) is 9.89 Å². The van der Waals surface area contributed by atoms with E-state index < -0.39 is 0 Å². The fourth-order valence-electron chi connectivity index (χ4n) is 3.78. The van der Waals surface area contributed by atoms with E-state index in [1.165, 1.54) is 5.56 Å². The van der Waals surface area contributed by atoms with Crippen molar-refractivity contribution in [3.8, 4) is 0 Å². The summed E-state index contributed by atoms with van der Waals surface area (Å²) in [6.45, 7) is 4.42. The maximum atomic E-state index is 11.9. The van der Waals surface area contributed by atoms with Crippen molar-refractivity contribution in [3.05, 3.63) is 35.9 Å². The van der Waals surface area contributed by atoms with Gasteiger partial charge >= 0.3 is 6.09 Å². The van der Waals surface area contributed by atoms with E-state index in [2.05, 4.69) is 24.0 Å². The van der Waals surface area contributed by atoms with Gasteiger partial charge in [0.25, 0.3) is 0 Å². The molecule has 19 heavy (non-hydrogen) atoms. The molecule has 0 N–H and O–H groups in total. The number of carbonyl (C=O) groups is 1. The van der Waals surface area contributed by atoms with Crippen molar-refractivity contribution in [2.24, 2.45) is 10.9 Å². The molecular weight excluding hydrogens is 240 g/mol. The Morgan fingerprint density at radius 3 is 2.84 bits per heavy atom. The van der Waals surface area contributed by atoms with E-state index in [-0.39, 0.29) is 17.7 Å². The topological polar surface area (TPSA) is 41.7 Å². The molecule has 4 nitrogen and oxygen atoms in total. The number of amides is 1. The number of nitrogens with zero attached hydrogens (tertiary/aromatic N) is 2. The van der Waals surface area contributed by atoms with Crippen LogP contribution in [0.25, 0.3) is 0 Å². The van der Waals surface area contributed by atoms with Crippen molar-refractivity contribution >= 4 is 11.8 Å². The average Bonchev–Trinajstić information content (AvgIpc) is 2.90. The van der Waals surface area contributed by atoms with E-state index in [1.54, 1.807) is 0 Å². The Balaban J connectivity index is 1.57. The van der Waals surface area contributed by atoms with Crippen LogP contribution in [0.5, 0.6) is 0 Å². The fraction of sp³-hybridized carbons (Fsp3) is 0.467. The number of rotatable bonds is 2. The number of hydrogen-bond acceptors (Lipinski definition) is 3. The van der Waals surface area contributed by atoms with Gasteiger partial charge in [-0.2, -0.15) is 0 Å². The molecule has 0 unspecified atom stereocenters. The highest BCUT2D eigenvalue weighted by atomic mass is 16.6. The molecule has 2 aliphatic heterocycles. The lowest BCUT2D eigenvalue weighted by molar-refractivity contribution is 0.130. The van der Waals surface area contributed by atoms with Crippen molar-refractivity contribution in [2.45, 2.75) is 31.5 Å². The molecule has 98 valence electrons. The first kappa shape index (κ1) is 11.0. The minimum absolute atomic E-state index is 0.0517. The zero-order valence-electron chi connectivity index (χ0n) is 11.0. The van der Waals surface area contributed by atoms with Gasteiger partial charge in [0.05, 0.1) is 35.9 Å². The van der Waals surface area contributed by atoms with Crippen LogP contribution in [0.2, 0.25) is 0 Å². The molecule has 4 atom stereocenters. The van der Waals surface area contributed by atoms with Crippen LogP contribution >= 0.6 is 0 Å². The van der Waals surface area contributed by atoms with Gasteiger partial charge in [-0.15, -0.1) is 0 Å². The van der Waals surface area contributed by atoms with Crippen molar-refractivity contribution < 1.29 is 9.53 Å². The maximum absolute atomic E-state index is 11.9. The van der Waals surface area contributed by atoms with E-state index in [0.29, 0.717) is 18.6 Å². The largest absolute Gasteiger partial charge is 0.450 e. The second kappa shape index (κ2) is 3.38. The minimum atomic E-state index is -0.188. The molecule has 0 bridgehead atoms. The number of ether oxygens (including phenoxy) is 1. The quantitative estimate of drug-likeness (QED) is 0.760. The van der Waals surface area contributed by atoms with Gasteiger partial charge in [0.1, 0.15) is 0 Å². The Hall–Kier alpha value is -1.84. The van der Waals surface area contributed by atoms with Gasteiger partial charge in [0.2, 0.25) is 0 Å². The third-order valence-corrected chi connectivity index (χ3v) is 4.74. The summed E-state index contributed by atoms with van der Waals surface area (Å²) in [6, 6.07) is 10.8. The standard InChI is InChI=1S/C15H16N2O2/c1-3-19-14(18)17-13-12-10(15(13,17)2)11(16-12)9-7-5-4-6-8-9/h4-8,10,12-13H,3H2,1-2H3/t10-,12+,13-,15+,17?/m1/s1. The van der Waals surface area contributed by atoms with Crippen LogP contribution in [-0.4, -0.2) is 40.9 Å². The number of fused-ring (bicyclic) bond motifs is 4. The number of aliphatic imine (C=N–C) groups is 1. The van der Waals surface area contributed by atoms with Crippen molar-refractivity contribution in [3.63, 3.8) is 0 Å². The van der Waals surface area contributed by atoms with Gasteiger partial charge in [-0.05, 0) is 19.4 Å². The van der Waals surface area contributed by atoms with Crippen LogP contribution in [0.3, 0.4) is 0 Å². The van der Waals surface area contributed by atoms with E-state index in [4.69, 9.17) is 4.74 Å². The molecule has 0 radical (unpaired) electrons. The molecule has 0 aromatic heterocycles. The first-order valence-electron chi connectivity index (χ1n) is 6.78. The molecule has 1 aromatic rings. The summed E-state index contributed by atoms with van der Waals surface area (Å²) in [5, 5.41) is 0. The fourth-order valence-corrected chi connectivity index (χ4v) is 3.78. The van der Waals surface area contributed by atoms with E-state index in [1.807, 2.05) is 30.0 Å². The van der Waals surface area contributed by atoms with Crippen molar-refractivity contribution in [2.75, 3.05) is 6.61 Å².